The van der Waals surface area contributed by atoms with Crippen LogP contribution in [-0.4, -0.2) is 19.1 Å². The van der Waals surface area contributed by atoms with Crippen molar-refractivity contribution in [3.8, 4) is 0 Å². The van der Waals surface area contributed by atoms with Crippen molar-refractivity contribution in [3.63, 3.8) is 0 Å². The van der Waals surface area contributed by atoms with Gasteiger partial charge < -0.3 is 10.2 Å². The predicted molar refractivity (Wildman–Crippen MR) is 83.7 cm³/mol. The molecule has 112 valence electrons. The van der Waals surface area contributed by atoms with E-state index < -0.39 is 0 Å². The standard InChI is InChI=1S/C17H27FN2/c1-12(2)19-14(4)15-5-6-17(16(18)11-15)20-9-7-13(3)8-10-20/h5-6,11-14,19H,7-10H2,1-4H3/t14-/m0/s1. The highest BCUT2D eigenvalue weighted by atomic mass is 19.1. The van der Waals surface area contributed by atoms with Crippen LogP contribution in [0, 0.1) is 11.7 Å². The molecular formula is C17H27FN2. The molecule has 2 rings (SSSR count). The van der Waals surface area contributed by atoms with Crippen LogP contribution in [0.1, 0.15) is 52.1 Å². The third-order valence-corrected chi connectivity index (χ3v) is 4.18. The minimum absolute atomic E-state index is 0.0885. The van der Waals surface area contributed by atoms with Crippen LogP contribution in [0.4, 0.5) is 10.1 Å². The van der Waals surface area contributed by atoms with Crippen molar-refractivity contribution in [2.75, 3.05) is 18.0 Å². The molecule has 1 atom stereocenters. The molecule has 20 heavy (non-hydrogen) atoms. The van der Waals surface area contributed by atoms with Gasteiger partial charge in [0.1, 0.15) is 5.82 Å². The highest BCUT2D eigenvalue weighted by molar-refractivity contribution is 5.50. The number of nitrogens with zero attached hydrogens (tertiary/aromatic N) is 1. The number of hydrogen-bond donors (Lipinski definition) is 1. The molecule has 2 nitrogen and oxygen atoms in total. The lowest BCUT2D eigenvalue weighted by Gasteiger charge is -2.32. The van der Waals surface area contributed by atoms with E-state index in [9.17, 15) is 4.39 Å². The van der Waals surface area contributed by atoms with Gasteiger partial charge >= 0.3 is 0 Å². The van der Waals surface area contributed by atoms with Gasteiger partial charge in [-0.3, -0.25) is 0 Å². The highest BCUT2D eigenvalue weighted by Crippen LogP contribution is 2.27. The van der Waals surface area contributed by atoms with Crippen LogP contribution in [0.25, 0.3) is 0 Å². The normalized spacial score (nSPS) is 18.6. The Morgan fingerprint density at radius 1 is 1.20 bits per heavy atom. The van der Waals surface area contributed by atoms with Gasteiger partial charge in [0.2, 0.25) is 0 Å². The zero-order chi connectivity index (χ0) is 14.7. The Balaban J connectivity index is 2.09. The average Bonchev–Trinajstić information content (AvgIpc) is 2.39. The van der Waals surface area contributed by atoms with Crippen molar-refractivity contribution in [3.05, 3.63) is 29.6 Å². The van der Waals surface area contributed by atoms with E-state index in [0.29, 0.717) is 6.04 Å². The van der Waals surface area contributed by atoms with Gasteiger partial charge in [-0.25, -0.2) is 4.39 Å². The second-order valence-electron chi connectivity index (χ2n) is 6.42. The van der Waals surface area contributed by atoms with Crippen molar-refractivity contribution in [2.24, 2.45) is 5.92 Å². The summed E-state index contributed by atoms with van der Waals surface area (Å²) in [5.74, 6) is 0.679. The molecule has 0 saturated carbocycles. The molecule has 3 heteroatoms. The van der Waals surface area contributed by atoms with Crippen LogP contribution < -0.4 is 10.2 Å². The van der Waals surface area contributed by atoms with E-state index in [1.807, 2.05) is 6.07 Å². The van der Waals surface area contributed by atoms with Crippen LogP contribution in [0.5, 0.6) is 0 Å². The first-order valence-corrected chi connectivity index (χ1v) is 7.78. The Morgan fingerprint density at radius 2 is 1.85 bits per heavy atom. The summed E-state index contributed by atoms with van der Waals surface area (Å²) in [5, 5.41) is 3.41. The summed E-state index contributed by atoms with van der Waals surface area (Å²) < 4.78 is 14.4. The number of anilines is 1. The zero-order valence-corrected chi connectivity index (χ0v) is 13.1. The molecule has 0 unspecified atom stereocenters. The maximum absolute atomic E-state index is 14.4. The number of nitrogens with one attached hydrogen (secondary N) is 1. The minimum Gasteiger partial charge on any atom is -0.369 e. The highest BCUT2D eigenvalue weighted by Gasteiger charge is 2.19. The molecule has 0 aromatic heterocycles. The van der Waals surface area contributed by atoms with E-state index in [2.05, 4.69) is 44.0 Å². The van der Waals surface area contributed by atoms with E-state index in [1.54, 1.807) is 6.07 Å². The smallest absolute Gasteiger partial charge is 0.146 e. The molecule has 1 aromatic carbocycles. The summed E-state index contributed by atoms with van der Waals surface area (Å²) in [7, 11) is 0. The maximum atomic E-state index is 14.4. The van der Waals surface area contributed by atoms with E-state index in [0.717, 1.165) is 43.1 Å². The fourth-order valence-corrected chi connectivity index (χ4v) is 2.89. The van der Waals surface area contributed by atoms with E-state index in [1.165, 1.54) is 0 Å². The second kappa shape index (κ2) is 6.57. The lowest BCUT2D eigenvalue weighted by molar-refractivity contribution is 0.434. The summed E-state index contributed by atoms with van der Waals surface area (Å²) in [6.45, 7) is 10.5. The average molecular weight is 278 g/mol. The summed E-state index contributed by atoms with van der Waals surface area (Å²) >= 11 is 0. The fourth-order valence-electron chi connectivity index (χ4n) is 2.89. The van der Waals surface area contributed by atoms with Gasteiger partial charge in [-0.05, 0) is 43.4 Å². The Bertz CT molecular complexity index is 437. The van der Waals surface area contributed by atoms with Crippen molar-refractivity contribution in [1.82, 2.24) is 5.32 Å². The first-order valence-electron chi connectivity index (χ1n) is 7.78. The van der Waals surface area contributed by atoms with Crippen LogP contribution in [0.3, 0.4) is 0 Å². The lowest BCUT2D eigenvalue weighted by atomic mass is 9.98. The van der Waals surface area contributed by atoms with Crippen molar-refractivity contribution in [1.29, 1.82) is 0 Å². The van der Waals surface area contributed by atoms with Gasteiger partial charge in [0.05, 0.1) is 5.69 Å². The molecule has 1 aliphatic rings. The Hall–Kier alpha value is -1.09. The predicted octanol–water partition coefficient (Wildman–Crippen LogP) is 4.12. The molecule has 0 amide bonds. The van der Waals surface area contributed by atoms with Crippen LogP contribution >= 0.6 is 0 Å². The molecule has 0 spiro atoms. The van der Waals surface area contributed by atoms with Crippen LogP contribution in [-0.2, 0) is 0 Å². The van der Waals surface area contributed by atoms with Gasteiger partial charge in [-0.2, -0.15) is 0 Å². The SMILES string of the molecule is CC1CCN(c2ccc([C@H](C)NC(C)C)cc2F)CC1. The number of piperidine rings is 1. The monoisotopic (exact) mass is 278 g/mol. The lowest BCUT2D eigenvalue weighted by Crippen LogP contribution is -2.33. The summed E-state index contributed by atoms with van der Waals surface area (Å²) in [6, 6.07) is 6.26. The summed E-state index contributed by atoms with van der Waals surface area (Å²) in [6.07, 6.45) is 2.32. The number of benzene rings is 1. The van der Waals surface area contributed by atoms with Crippen molar-refractivity contribution >= 4 is 5.69 Å². The largest absolute Gasteiger partial charge is 0.369 e. The molecule has 0 aliphatic carbocycles. The second-order valence-corrected chi connectivity index (χ2v) is 6.42. The molecule has 1 fully saturated rings. The number of hydrogen-bond acceptors (Lipinski definition) is 2. The van der Waals surface area contributed by atoms with Gasteiger partial charge in [0.15, 0.2) is 0 Å². The van der Waals surface area contributed by atoms with Crippen molar-refractivity contribution in [2.45, 2.75) is 52.6 Å². The molecule has 0 bridgehead atoms. The Labute approximate surface area is 122 Å². The van der Waals surface area contributed by atoms with Gasteiger partial charge in [0.25, 0.3) is 0 Å². The molecule has 1 saturated heterocycles. The maximum Gasteiger partial charge on any atom is 0.146 e. The quantitative estimate of drug-likeness (QED) is 0.891. The molecule has 1 aromatic rings. The number of halogens is 1. The fraction of sp³-hybridized carbons (Fsp3) is 0.647. The molecule has 1 heterocycles. The molecular weight excluding hydrogens is 251 g/mol. The third kappa shape index (κ3) is 3.72. The molecule has 1 aliphatic heterocycles. The topological polar surface area (TPSA) is 15.3 Å². The van der Waals surface area contributed by atoms with Crippen molar-refractivity contribution < 1.29 is 4.39 Å². The Morgan fingerprint density at radius 3 is 2.40 bits per heavy atom. The number of rotatable bonds is 4. The first kappa shape index (κ1) is 15.3. The van der Waals surface area contributed by atoms with E-state index in [4.69, 9.17) is 0 Å². The van der Waals surface area contributed by atoms with Gasteiger partial charge in [0, 0.05) is 25.2 Å². The molecule has 0 radical (unpaired) electrons. The summed E-state index contributed by atoms with van der Waals surface area (Å²) in [5.41, 5.74) is 1.78. The molecule has 1 N–H and O–H groups in total. The first-order chi connectivity index (χ1) is 9.47. The Kier molecular flexibility index (Phi) is 5.03. The van der Waals surface area contributed by atoms with Crippen LogP contribution in [0.2, 0.25) is 0 Å². The zero-order valence-electron chi connectivity index (χ0n) is 13.1. The van der Waals surface area contributed by atoms with Gasteiger partial charge in [-0.15, -0.1) is 0 Å². The summed E-state index contributed by atoms with van der Waals surface area (Å²) in [4.78, 5) is 2.18. The third-order valence-electron chi connectivity index (χ3n) is 4.18. The van der Waals surface area contributed by atoms with Crippen LogP contribution in [0.15, 0.2) is 18.2 Å². The van der Waals surface area contributed by atoms with E-state index in [-0.39, 0.29) is 11.9 Å². The van der Waals surface area contributed by atoms with Gasteiger partial charge in [-0.1, -0.05) is 26.8 Å². The van der Waals surface area contributed by atoms with E-state index >= 15 is 0 Å². The minimum atomic E-state index is -0.0885.